The molecule has 0 amide bonds. The van der Waals surface area contributed by atoms with Crippen molar-refractivity contribution in [3.63, 3.8) is 0 Å². The number of nitrogens with zero attached hydrogens (tertiary/aromatic N) is 7. The Morgan fingerprint density at radius 1 is 0.971 bits per heavy atom. The fourth-order valence-electron chi connectivity index (χ4n) is 5.01. The fraction of sp³-hybridized carbons (Fsp3) is 0.458. The summed E-state index contributed by atoms with van der Waals surface area (Å²) < 4.78 is 6.66. The van der Waals surface area contributed by atoms with Crippen LogP contribution < -0.4 is 16.1 Å². The lowest BCUT2D eigenvalue weighted by Gasteiger charge is -2.36. The molecule has 34 heavy (non-hydrogen) atoms. The molecule has 1 aliphatic heterocycles. The average Bonchev–Trinajstić information content (AvgIpc) is 3.33. The molecule has 0 bridgehead atoms. The SMILES string of the molecule is Cc1c(C)n2c3c(=O)n(C)c(=O)n(C)c3nc2n1CCCN1CCN(c2cccc(Cl)c2)CC1. The summed E-state index contributed by atoms with van der Waals surface area (Å²) in [6, 6.07) is 8.04. The summed E-state index contributed by atoms with van der Waals surface area (Å²) in [5.74, 6) is 0.717. The fourth-order valence-corrected chi connectivity index (χ4v) is 5.20. The van der Waals surface area contributed by atoms with Gasteiger partial charge in [0.15, 0.2) is 11.2 Å². The number of hydrogen-bond donors (Lipinski definition) is 0. The van der Waals surface area contributed by atoms with Gasteiger partial charge in [-0.1, -0.05) is 17.7 Å². The van der Waals surface area contributed by atoms with E-state index in [1.165, 1.54) is 17.3 Å². The Kier molecular flexibility index (Phi) is 5.77. The summed E-state index contributed by atoms with van der Waals surface area (Å²) in [6.07, 6.45) is 0.974. The predicted octanol–water partition coefficient (Wildman–Crippen LogP) is 2.17. The molecule has 0 aliphatic carbocycles. The van der Waals surface area contributed by atoms with Gasteiger partial charge in [-0.3, -0.25) is 23.2 Å². The van der Waals surface area contributed by atoms with Gasteiger partial charge in [0.25, 0.3) is 5.56 Å². The van der Waals surface area contributed by atoms with Gasteiger partial charge in [-0.05, 0) is 45.0 Å². The van der Waals surface area contributed by atoms with E-state index in [0.29, 0.717) is 16.9 Å². The Morgan fingerprint density at radius 3 is 2.41 bits per heavy atom. The maximum atomic E-state index is 12.9. The monoisotopic (exact) mass is 483 g/mol. The maximum absolute atomic E-state index is 12.9. The molecular weight excluding hydrogens is 454 g/mol. The summed E-state index contributed by atoms with van der Waals surface area (Å²) >= 11 is 6.15. The molecule has 0 spiro atoms. The lowest BCUT2D eigenvalue weighted by molar-refractivity contribution is 0.250. The second-order valence-corrected chi connectivity index (χ2v) is 9.55. The third kappa shape index (κ3) is 3.63. The van der Waals surface area contributed by atoms with Crippen LogP contribution in [0.25, 0.3) is 16.9 Å². The molecule has 9 nitrogen and oxygen atoms in total. The third-order valence-electron chi connectivity index (χ3n) is 7.15. The molecule has 1 fully saturated rings. The number of anilines is 1. The van der Waals surface area contributed by atoms with Gasteiger partial charge in [0.2, 0.25) is 5.78 Å². The molecule has 180 valence electrons. The first-order chi connectivity index (χ1) is 16.3. The molecule has 0 N–H and O–H groups in total. The molecule has 0 atom stereocenters. The van der Waals surface area contributed by atoms with Gasteiger partial charge in [0, 0.05) is 68.9 Å². The largest absolute Gasteiger partial charge is 0.369 e. The van der Waals surface area contributed by atoms with E-state index in [0.717, 1.165) is 66.7 Å². The van der Waals surface area contributed by atoms with Crippen molar-refractivity contribution >= 4 is 34.2 Å². The van der Waals surface area contributed by atoms with Crippen LogP contribution in [0.15, 0.2) is 33.9 Å². The Hall–Kier alpha value is -3.04. The number of halogens is 1. The first-order valence-electron chi connectivity index (χ1n) is 11.6. The second-order valence-electron chi connectivity index (χ2n) is 9.11. The number of aromatic nitrogens is 5. The highest BCUT2D eigenvalue weighted by Gasteiger charge is 2.22. The van der Waals surface area contributed by atoms with Crippen LogP contribution >= 0.6 is 11.6 Å². The number of piperazine rings is 1. The van der Waals surface area contributed by atoms with Crippen molar-refractivity contribution in [1.29, 1.82) is 0 Å². The standard InChI is InChI=1S/C24H30ClN7O2/c1-16-17(2)32-20-21(27(3)24(34)28(4)22(20)33)26-23(32)31(16)10-6-9-29-11-13-30(14-12-29)19-8-5-7-18(25)15-19/h5,7-8,15H,6,9-14H2,1-4H3. The van der Waals surface area contributed by atoms with Gasteiger partial charge in [-0.2, -0.15) is 4.98 Å². The van der Waals surface area contributed by atoms with Crippen molar-refractivity contribution in [2.75, 3.05) is 37.6 Å². The first-order valence-corrected chi connectivity index (χ1v) is 12.0. The predicted molar refractivity (Wildman–Crippen MR) is 135 cm³/mol. The van der Waals surface area contributed by atoms with E-state index in [4.69, 9.17) is 16.6 Å². The highest BCUT2D eigenvalue weighted by atomic mass is 35.5. The Bertz CT molecular complexity index is 1500. The van der Waals surface area contributed by atoms with E-state index < -0.39 is 0 Å². The van der Waals surface area contributed by atoms with Crippen LogP contribution in [0.1, 0.15) is 17.8 Å². The van der Waals surface area contributed by atoms with E-state index in [-0.39, 0.29) is 11.2 Å². The topological polar surface area (TPSA) is 72.7 Å². The number of hydrogen-bond acceptors (Lipinski definition) is 5. The lowest BCUT2D eigenvalue weighted by atomic mass is 10.2. The van der Waals surface area contributed by atoms with Crippen molar-refractivity contribution in [3.05, 3.63) is 61.5 Å². The van der Waals surface area contributed by atoms with E-state index in [1.54, 1.807) is 7.05 Å². The molecule has 5 rings (SSSR count). The van der Waals surface area contributed by atoms with Gasteiger partial charge in [0.05, 0.1) is 0 Å². The number of imidazole rings is 2. The minimum absolute atomic E-state index is 0.316. The minimum atomic E-state index is -0.365. The molecular formula is C24H30ClN7O2. The third-order valence-corrected chi connectivity index (χ3v) is 7.38. The molecule has 4 heterocycles. The van der Waals surface area contributed by atoms with E-state index in [1.807, 2.05) is 29.5 Å². The minimum Gasteiger partial charge on any atom is -0.369 e. The Labute approximate surface area is 202 Å². The summed E-state index contributed by atoms with van der Waals surface area (Å²) in [6.45, 7) is 9.84. The van der Waals surface area contributed by atoms with Gasteiger partial charge >= 0.3 is 5.69 Å². The van der Waals surface area contributed by atoms with Crippen LogP contribution in [0, 0.1) is 13.8 Å². The van der Waals surface area contributed by atoms with Crippen molar-refractivity contribution in [2.45, 2.75) is 26.8 Å². The summed E-state index contributed by atoms with van der Waals surface area (Å²) in [4.78, 5) is 34.8. The van der Waals surface area contributed by atoms with Crippen LogP contribution in [-0.4, -0.2) is 60.7 Å². The van der Waals surface area contributed by atoms with E-state index in [2.05, 4.69) is 27.4 Å². The van der Waals surface area contributed by atoms with E-state index in [9.17, 15) is 9.59 Å². The van der Waals surface area contributed by atoms with Gasteiger partial charge < -0.3 is 9.47 Å². The number of benzene rings is 1. The molecule has 0 unspecified atom stereocenters. The molecule has 3 aromatic heterocycles. The molecule has 0 saturated carbocycles. The van der Waals surface area contributed by atoms with Crippen LogP contribution in [-0.2, 0) is 20.6 Å². The molecule has 0 radical (unpaired) electrons. The molecule has 1 aromatic carbocycles. The highest BCUT2D eigenvalue weighted by molar-refractivity contribution is 6.30. The highest BCUT2D eigenvalue weighted by Crippen LogP contribution is 2.22. The van der Waals surface area contributed by atoms with Gasteiger partial charge in [-0.25, -0.2) is 4.79 Å². The van der Waals surface area contributed by atoms with Crippen LogP contribution in [0.2, 0.25) is 5.02 Å². The Morgan fingerprint density at radius 2 is 1.71 bits per heavy atom. The zero-order chi connectivity index (χ0) is 24.1. The van der Waals surface area contributed by atoms with E-state index >= 15 is 0 Å². The Balaban J connectivity index is 1.32. The first kappa shape index (κ1) is 22.7. The molecule has 1 saturated heterocycles. The van der Waals surface area contributed by atoms with Crippen molar-refractivity contribution < 1.29 is 0 Å². The van der Waals surface area contributed by atoms with Crippen LogP contribution in [0.3, 0.4) is 0 Å². The molecule has 10 heteroatoms. The number of rotatable bonds is 5. The van der Waals surface area contributed by atoms with Crippen molar-refractivity contribution in [1.82, 2.24) is 28.0 Å². The van der Waals surface area contributed by atoms with Crippen molar-refractivity contribution in [2.24, 2.45) is 14.1 Å². The summed E-state index contributed by atoms with van der Waals surface area (Å²) in [7, 11) is 3.17. The zero-order valence-corrected chi connectivity index (χ0v) is 20.8. The second kappa shape index (κ2) is 8.63. The molecule has 4 aromatic rings. The lowest BCUT2D eigenvalue weighted by Crippen LogP contribution is -2.46. The molecule has 1 aliphatic rings. The maximum Gasteiger partial charge on any atom is 0.332 e. The average molecular weight is 484 g/mol. The normalized spacial score (nSPS) is 15.1. The zero-order valence-electron chi connectivity index (χ0n) is 20.1. The number of fused-ring (bicyclic) bond motifs is 3. The quantitative estimate of drug-likeness (QED) is 0.435. The smallest absolute Gasteiger partial charge is 0.332 e. The van der Waals surface area contributed by atoms with Crippen molar-refractivity contribution in [3.8, 4) is 0 Å². The summed E-state index contributed by atoms with van der Waals surface area (Å²) in [5.41, 5.74) is 3.45. The van der Waals surface area contributed by atoms with Crippen LogP contribution in [0.5, 0.6) is 0 Å². The summed E-state index contributed by atoms with van der Waals surface area (Å²) in [5, 5.41) is 0.771. The van der Waals surface area contributed by atoms with Gasteiger partial charge in [-0.15, -0.1) is 0 Å². The van der Waals surface area contributed by atoms with Crippen LogP contribution in [0.4, 0.5) is 5.69 Å². The van der Waals surface area contributed by atoms with Gasteiger partial charge in [0.1, 0.15) is 0 Å². The number of aryl methyl sites for hydroxylation is 3.